The van der Waals surface area contributed by atoms with Crippen LogP contribution in [0.4, 0.5) is 0 Å². The number of hydrogen-bond acceptors (Lipinski definition) is 3. The maximum atomic E-state index is 11.7. The highest BCUT2D eigenvalue weighted by Crippen LogP contribution is 2.23. The second-order valence-electron chi connectivity index (χ2n) is 5.92. The molecule has 0 aliphatic carbocycles. The van der Waals surface area contributed by atoms with Gasteiger partial charge in [0, 0.05) is 30.1 Å². The Morgan fingerprint density at radius 2 is 1.70 bits per heavy atom. The lowest BCUT2D eigenvalue weighted by Gasteiger charge is -2.32. The first kappa shape index (κ1) is 16.9. The smallest absolute Gasteiger partial charge is 0.162 e. The van der Waals surface area contributed by atoms with Gasteiger partial charge in [-0.3, -0.25) is 4.79 Å². The molecule has 1 rings (SSSR count). The number of benzene rings is 1. The van der Waals surface area contributed by atoms with Gasteiger partial charge < -0.3 is 10.2 Å². The van der Waals surface area contributed by atoms with Crippen molar-refractivity contribution in [3.8, 4) is 0 Å². The zero-order valence-corrected chi connectivity index (χ0v) is 13.6. The summed E-state index contributed by atoms with van der Waals surface area (Å²) in [7, 11) is 4.18. The van der Waals surface area contributed by atoms with Gasteiger partial charge in [0.1, 0.15) is 0 Å². The Morgan fingerprint density at radius 1 is 1.15 bits per heavy atom. The average Bonchev–Trinajstić information content (AvgIpc) is 2.37. The molecule has 0 heterocycles. The Morgan fingerprint density at radius 3 is 2.10 bits per heavy atom. The Kier molecular flexibility index (Phi) is 6.37. The normalized spacial score (nSPS) is 14.6. The number of hydrogen-bond donors (Lipinski definition) is 1. The Balaban J connectivity index is 2.95. The van der Waals surface area contributed by atoms with E-state index in [0.717, 1.165) is 5.56 Å². The van der Waals surface area contributed by atoms with Crippen molar-refractivity contribution < 1.29 is 4.79 Å². The minimum atomic E-state index is 0.200. The molecule has 0 aliphatic heterocycles. The number of Topliss-reactive ketones (excluding diaryl/α,β-unsaturated/α-hetero) is 1. The first-order valence-corrected chi connectivity index (χ1v) is 7.42. The molecule has 0 bridgehead atoms. The fraction of sp³-hybridized carbons (Fsp3) is 0.588. The van der Waals surface area contributed by atoms with Gasteiger partial charge in [0.05, 0.1) is 0 Å². The third kappa shape index (κ3) is 4.43. The predicted molar refractivity (Wildman–Crippen MR) is 85.2 cm³/mol. The molecule has 0 aliphatic rings. The van der Waals surface area contributed by atoms with E-state index in [1.807, 2.05) is 19.1 Å². The number of likely N-dealkylation sites (N-methyl/N-ethyl adjacent to an activating group) is 1. The number of ketones is 1. The third-order valence-electron chi connectivity index (χ3n) is 3.52. The Bertz CT molecular complexity index is 423. The van der Waals surface area contributed by atoms with Crippen molar-refractivity contribution in [3.05, 3.63) is 35.4 Å². The van der Waals surface area contributed by atoms with Crippen molar-refractivity contribution in [1.82, 2.24) is 10.2 Å². The summed E-state index contributed by atoms with van der Waals surface area (Å²) in [6, 6.07) is 9.13. The molecule has 3 heteroatoms. The van der Waals surface area contributed by atoms with Crippen molar-refractivity contribution in [2.24, 2.45) is 0 Å². The van der Waals surface area contributed by atoms with Gasteiger partial charge in [0.2, 0.25) is 0 Å². The quantitative estimate of drug-likeness (QED) is 0.776. The minimum Gasteiger partial charge on any atom is -0.310 e. The Hall–Kier alpha value is -1.19. The molecule has 112 valence electrons. The summed E-state index contributed by atoms with van der Waals surface area (Å²) in [5.74, 6) is 0.200. The topological polar surface area (TPSA) is 32.3 Å². The summed E-state index contributed by atoms with van der Waals surface area (Å²) in [5, 5.41) is 3.56. The largest absolute Gasteiger partial charge is 0.310 e. The van der Waals surface area contributed by atoms with E-state index in [9.17, 15) is 4.79 Å². The maximum Gasteiger partial charge on any atom is 0.162 e. The molecule has 0 saturated carbocycles. The summed E-state index contributed by atoms with van der Waals surface area (Å²) < 4.78 is 0. The summed E-state index contributed by atoms with van der Waals surface area (Å²) >= 11 is 0. The van der Waals surface area contributed by atoms with Crippen LogP contribution in [-0.2, 0) is 0 Å². The first-order valence-electron chi connectivity index (χ1n) is 7.42. The van der Waals surface area contributed by atoms with E-state index in [0.29, 0.717) is 24.5 Å². The number of carbonyl (C=O) groups is 1. The van der Waals surface area contributed by atoms with E-state index in [-0.39, 0.29) is 5.78 Å². The van der Waals surface area contributed by atoms with E-state index in [2.05, 4.69) is 57.2 Å². The van der Waals surface area contributed by atoms with Gasteiger partial charge in [-0.15, -0.1) is 0 Å². The predicted octanol–water partition coefficient (Wildman–Crippen LogP) is 3.27. The molecule has 0 amide bonds. The van der Waals surface area contributed by atoms with E-state index in [1.54, 1.807) is 0 Å². The van der Waals surface area contributed by atoms with Crippen LogP contribution in [0.1, 0.15) is 56.1 Å². The second-order valence-corrected chi connectivity index (χ2v) is 5.92. The molecule has 1 N–H and O–H groups in total. The number of nitrogens with zero attached hydrogens (tertiary/aromatic N) is 1. The molecule has 0 unspecified atom stereocenters. The minimum absolute atomic E-state index is 0.200. The van der Waals surface area contributed by atoms with Gasteiger partial charge in [-0.25, -0.2) is 0 Å². The lowest BCUT2D eigenvalue weighted by atomic mass is 9.96. The van der Waals surface area contributed by atoms with Crippen LogP contribution in [0.3, 0.4) is 0 Å². The third-order valence-corrected chi connectivity index (χ3v) is 3.52. The highest BCUT2D eigenvalue weighted by Gasteiger charge is 2.22. The SMILES string of the molecule is CCC(=O)c1ccc([C@@H]([C@H](C)NC(C)C)N(C)C)cc1. The van der Waals surface area contributed by atoms with Crippen LogP contribution in [0, 0.1) is 0 Å². The standard InChI is InChI=1S/C17H28N2O/c1-7-16(20)14-8-10-15(11-9-14)17(19(5)6)13(4)18-12(2)3/h8-13,17-18H,7H2,1-6H3/t13-,17+/m0/s1. The van der Waals surface area contributed by atoms with Crippen molar-refractivity contribution in [2.45, 2.75) is 52.2 Å². The zero-order valence-electron chi connectivity index (χ0n) is 13.6. The lowest BCUT2D eigenvalue weighted by Crippen LogP contribution is -2.42. The molecule has 0 aromatic heterocycles. The van der Waals surface area contributed by atoms with Crippen molar-refractivity contribution in [2.75, 3.05) is 14.1 Å². The summed E-state index contributed by atoms with van der Waals surface area (Å²) in [6.07, 6.45) is 0.557. The Labute approximate surface area is 123 Å². The second kappa shape index (κ2) is 7.55. The lowest BCUT2D eigenvalue weighted by molar-refractivity contribution is 0.0988. The fourth-order valence-electron chi connectivity index (χ4n) is 2.72. The highest BCUT2D eigenvalue weighted by molar-refractivity contribution is 5.95. The van der Waals surface area contributed by atoms with Crippen LogP contribution in [0.5, 0.6) is 0 Å². The van der Waals surface area contributed by atoms with Gasteiger partial charge in [0.25, 0.3) is 0 Å². The van der Waals surface area contributed by atoms with Crippen molar-refractivity contribution in [1.29, 1.82) is 0 Å². The maximum absolute atomic E-state index is 11.7. The molecule has 0 radical (unpaired) electrons. The van der Waals surface area contributed by atoms with Crippen LogP contribution in [0.25, 0.3) is 0 Å². The van der Waals surface area contributed by atoms with E-state index in [1.165, 1.54) is 5.56 Å². The summed E-state index contributed by atoms with van der Waals surface area (Å²) in [6.45, 7) is 8.42. The van der Waals surface area contributed by atoms with Gasteiger partial charge in [-0.05, 0) is 26.6 Å². The van der Waals surface area contributed by atoms with Crippen molar-refractivity contribution >= 4 is 5.78 Å². The van der Waals surface area contributed by atoms with Crippen LogP contribution in [0.2, 0.25) is 0 Å². The molecular formula is C17H28N2O. The molecule has 3 nitrogen and oxygen atoms in total. The molecule has 1 aromatic rings. The van der Waals surface area contributed by atoms with Crippen LogP contribution >= 0.6 is 0 Å². The van der Waals surface area contributed by atoms with Gasteiger partial charge in [-0.2, -0.15) is 0 Å². The zero-order chi connectivity index (χ0) is 15.3. The fourth-order valence-corrected chi connectivity index (χ4v) is 2.72. The molecule has 0 spiro atoms. The van der Waals surface area contributed by atoms with Gasteiger partial charge in [-0.1, -0.05) is 45.0 Å². The van der Waals surface area contributed by atoms with Crippen LogP contribution < -0.4 is 5.32 Å². The number of nitrogens with one attached hydrogen (secondary N) is 1. The molecule has 2 atom stereocenters. The average molecular weight is 276 g/mol. The van der Waals surface area contributed by atoms with Gasteiger partial charge >= 0.3 is 0 Å². The molecule has 0 saturated heterocycles. The number of carbonyl (C=O) groups excluding carboxylic acids is 1. The van der Waals surface area contributed by atoms with E-state index >= 15 is 0 Å². The molecule has 1 aromatic carbocycles. The van der Waals surface area contributed by atoms with Crippen molar-refractivity contribution in [3.63, 3.8) is 0 Å². The highest BCUT2D eigenvalue weighted by atomic mass is 16.1. The summed E-state index contributed by atoms with van der Waals surface area (Å²) in [5.41, 5.74) is 2.04. The van der Waals surface area contributed by atoms with E-state index < -0.39 is 0 Å². The van der Waals surface area contributed by atoms with Crippen LogP contribution in [0.15, 0.2) is 24.3 Å². The van der Waals surface area contributed by atoms with E-state index in [4.69, 9.17) is 0 Å². The van der Waals surface area contributed by atoms with Crippen LogP contribution in [-0.4, -0.2) is 36.9 Å². The number of rotatable bonds is 7. The molecule has 20 heavy (non-hydrogen) atoms. The molecule has 0 fully saturated rings. The monoisotopic (exact) mass is 276 g/mol. The first-order chi connectivity index (χ1) is 9.36. The summed E-state index contributed by atoms with van der Waals surface area (Å²) in [4.78, 5) is 13.9. The molecular weight excluding hydrogens is 248 g/mol. The van der Waals surface area contributed by atoms with Gasteiger partial charge in [0.15, 0.2) is 5.78 Å².